The van der Waals surface area contributed by atoms with Crippen LogP contribution in [-0.2, 0) is 0 Å². The summed E-state index contributed by atoms with van der Waals surface area (Å²) in [5.41, 5.74) is 2.44. The van der Waals surface area contributed by atoms with Crippen molar-refractivity contribution in [3.05, 3.63) is 17.3 Å². The van der Waals surface area contributed by atoms with Gasteiger partial charge in [0, 0.05) is 38.3 Å². The molecule has 2 fully saturated rings. The zero-order valence-corrected chi connectivity index (χ0v) is 11.3. The van der Waals surface area contributed by atoms with Crippen molar-refractivity contribution < 1.29 is 4.42 Å². The minimum absolute atomic E-state index is 0.494. The van der Waals surface area contributed by atoms with E-state index in [-0.39, 0.29) is 0 Å². The van der Waals surface area contributed by atoms with Crippen LogP contribution in [0.1, 0.15) is 17.7 Å². The highest BCUT2D eigenvalue weighted by molar-refractivity contribution is 5.72. The van der Waals surface area contributed by atoms with Crippen LogP contribution in [0.4, 0.5) is 6.01 Å². The number of oxazole rings is 1. The zero-order valence-electron chi connectivity index (χ0n) is 11.3. The van der Waals surface area contributed by atoms with Gasteiger partial charge < -0.3 is 9.32 Å². The lowest BCUT2D eigenvalue weighted by Crippen LogP contribution is -2.46. The summed E-state index contributed by atoms with van der Waals surface area (Å²) in [7, 11) is 0. The quantitative estimate of drug-likeness (QED) is 0.777. The Morgan fingerprint density at radius 2 is 2.25 bits per heavy atom. The van der Waals surface area contributed by atoms with E-state index < -0.39 is 0 Å². The molecule has 2 aliphatic heterocycles. The van der Waals surface area contributed by atoms with E-state index in [1.54, 1.807) is 6.07 Å². The van der Waals surface area contributed by atoms with Gasteiger partial charge >= 0.3 is 0 Å². The normalized spacial score (nSPS) is 25.1. The minimum atomic E-state index is 0.494. The molecule has 1 unspecified atom stereocenters. The predicted octanol–water partition coefficient (Wildman–Crippen LogP) is 1.30. The van der Waals surface area contributed by atoms with Crippen molar-refractivity contribution >= 4 is 17.2 Å². The maximum absolute atomic E-state index is 9.05. The lowest BCUT2D eigenvalue weighted by Gasteiger charge is -2.32. The molecular weight excluding hydrogens is 254 g/mol. The van der Waals surface area contributed by atoms with Crippen LogP contribution in [-0.4, -0.2) is 47.1 Å². The molecule has 2 bridgehead atoms. The number of hydrogen-bond acceptors (Lipinski definition) is 6. The first kappa shape index (κ1) is 11.7. The molecule has 0 amide bonds. The van der Waals surface area contributed by atoms with Gasteiger partial charge in [0.1, 0.15) is 6.07 Å². The van der Waals surface area contributed by atoms with Gasteiger partial charge in [-0.3, -0.25) is 4.90 Å². The Kier molecular flexibility index (Phi) is 2.44. The fourth-order valence-electron chi connectivity index (χ4n) is 3.13. The first-order valence-electron chi connectivity index (χ1n) is 6.92. The van der Waals surface area contributed by atoms with E-state index in [4.69, 9.17) is 9.68 Å². The average molecular weight is 269 g/mol. The molecule has 0 aromatic carbocycles. The van der Waals surface area contributed by atoms with Gasteiger partial charge in [-0.25, -0.2) is 4.98 Å². The number of hydrogen-bond donors (Lipinski definition) is 0. The molecule has 0 saturated carbocycles. The molecule has 20 heavy (non-hydrogen) atoms. The van der Waals surface area contributed by atoms with Crippen LogP contribution < -0.4 is 4.90 Å². The Bertz CT molecular complexity index is 716. The lowest BCUT2D eigenvalue weighted by atomic mass is 10.2. The summed E-state index contributed by atoms with van der Waals surface area (Å²) in [6, 6.07) is 5.01. The molecule has 0 spiro atoms. The second-order valence-corrected chi connectivity index (χ2v) is 5.49. The molecule has 2 aromatic heterocycles. The van der Waals surface area contributed by atoms with Crippen LogP contribution in [0.3, 0.4) is 0 Å². The van der Waals surface area contributed by atoms with E-state index in [0.29, 0.717) is 34.5 Å². The van der Waals surface area contributed by atoms with Gasteiger partial charge in [-0.2, -0.15) is 10.2 Å². The highest BCUT2D eigenvalue weighted by Crippen LogP contribution is 2.29. The molecule has 2 aromatic rings. The number of aromatic nitrogens is 2. The topological polar surface area (TPSA) is 69.2 Å². The molecule has 4 rings (SSSR count). The van der Waals surface area contributed by atoms with Crippen molar-refractivity contribution in [2.24, 2.45) is 0 Å². The highest BCUT2D eigenvalue weighted by Gasteiger charge is 2.34. The number of rotatable bonds is 1. The monoisotopic (exact) mass is 269 g/mol. The summed E-state index contributed by atoms with van der Waals surface area (Å²) in [5.74, 6) is 0. The van der Waals surface area contributed by atoms with Gasteiger partial charge in [-0.1, -0.05) is 0 Å². The van der Waals surface area contributed by atoms with Gasteiger partial charge in [0.05, 0.1) is 11.3 Å². The SMILES string of the molecule is Cc1nc2nc(N3CCN4CC[C@@H]3C4)oc2cc1C#N. The molecular formula is C14H15N5O. The maximum Gasteiger partial charge on any atom is 0.300 e. The smallest absolute Gasteiger partial charge is 0.300 e. The molecule has 102 valence electrons. The van der Waals surface area contributed by atoms with E-state index in [0.717, 1.165) is 32.6 Å². The summed E-state index contributed by atoms with van der Waals surface area (Å²) in [6.07, 6.45) is 1.16. The number of aryl methyl sites for hydroxylation is 1. The first-order valence-corrected chi connectivity index (χ1v) is 6.92. The Morgan fingerprint density at radius 3 is 3.10 bits per heavy atom. The third-order valence-electron chi connectivity index (χ3n) is 4.27. The second kappa shape index (κ2) is 4.18. The molecule has 0 N–H and O–H groups in total. The van der Waals surface area contributed by atoms with Crippen LogP contribution in [0.2, 0.25) is 0 Å². The van der Waals surface area contributed by atoms with E-state index in [1.807, 2.05) is 6.92 Å². The van der Waals surface area contributed by atoms with Crippen molar-refractivity contribution in [2.45, 2.75) is 19.4 Å². The summed E-state index contributed by atoms with van der Waals surface area (Å²) < 4.78 is 5.84. The number of nitrogens with zero attached hydrogens (tertiary/aromatic N) is 5. The largest absolute Gasteiger partial charge is 0.422 e. The molecule has 6 nitrogen and oxygen atoms in total. The van der Waals surface area contributed by atoms with E-state index >= 15 is 0 Å². The predicted molar refractivity (Wildman–Crippen MR) is 73.4 cm³/mol. The molecule has 2 aliphatic rings. The lowest BCUT2D eigenvalue weighted by molar-refractivity contribution is 0.304. The van der Waals surface area contributed by atoms with Gasteiger partial charge in [0.2, 0.25) is 5.65 Å². The van der Waals surface area contributed by atoms with Crippen LogP contribution in [0.5, 0.6) is 0 Å². The number of nitriles is 1. The van der Waals surface area contributed by atoms with E-state index in [1.165, 1.54) is 0 Å². The Balaban J connectivity index is 1.75. The summed E-state index contributed by atoms with van der Waals surface area (Å²) >= 11 is 0. The van der Waals surface area contributed by atoms with E-state index in [9.17, 15) is 0 Å². The summed E-state index contributed by atoms with van der Waals surface area (Å²) in [4.78, 5) is 13.6. The first-order chi connectivity index (χ1) is 9.74. The molecule has 6 heteroatoms. The van der Waals surface area contributed by atoms with Crippen molar-refractivity contribution in [1.82, 2.24) is 14.9 Å². The van der Waals surface area contributed by atoms with Crippen LogP contribution >= 0.6 is 0 Å². The van der Waals surface area contributed by atoms with Crippen LogP contribution in [0.15, 0.2) is 10.5 Å². The number of anilines is 1. The summed E-state index contributed by atoms with van der Waals surface area (Å²) in [6.45, 7) is 6.08. The average Bonchev–Trinajstić information content (AvgIpc) is 3.02. The third kappa shape index (κ3) is 1.67. The van der Waals surface area contributed by atoms with Gasteiger partial charge in [-0.15, -0.1) is 0 Å². The minimum Gasteiger partial charge on any atom is -0.422 e. The van der Waals surface area contributed by atoms with Crippen molar-refractivity contribution in [3.8, 4) is 6.07 Å². The molecule has 4 heterocycles. The molecule has 2 saturated heterocycles. The van der Waals surface area contributed by atoms with Crippen molar-refractivity contribution in [1.29, 1.82) is 5.26 Å². The Hall–Kier alpha value is -2.13. The maximum atomic E-state index is 9.05. The van der Waals surface area contributed by atoms with Gasteiger partial charge in [0.25, 0.3) is 6.01 Å². The van der Waals surface area contributed by atoms with Gasteiger partial charge in [-0.05, 0) is 13.3 Å². The number of fused-ring (bicyclic) bond motifs is 3. The molecule has 0 radical (unpaired) electrons. The van der Waals surface area contributed by atoms with Crippen LogP contribution in [0.25, 0.3) is 11.2 Å². The molecule has 0 aliphatic carbocycles. The fourth-order valence-corrected chi connectivity index (χ4v) is 3.13. The standard InChI is InChI=1S/C14H15N5O/c1-9-10(7-15)6-12-13(16-9)17-14(20-12)19-5-4-18-3-2-11(19)8-18/h6,11H,2-5,8H2,1H3/t11-/m1/s1. The van der Waals surface area contributed by atoms with Crippen molar-refractivity contribution in [2.75, 3.05) is 31.1 Å². The second-order valence-electron chi connectivity index (χ2n) is 5.49. The van der Waals surface area contributed by atoms with Gasteiger partial charge in [0.15, 0.2) is 5.58 Å². The fraction of sp³-hybridized carbons (Fsp3) is 0.500. The molecule has 2 atom stereocenters. The number of piperazine rings is 1. The highest BCUT2D eigenvalue weighted by atomic mass is 16.4. The van der Waals surface area contributed by atoms with Crippen LogP contribution in [0, 0.1) is 18.3 Å². The zero-order chi connectivity index (χ0) is 13.7. The Morgan fingerprint density at radius 1 is 1.35 bits per heavy atom. The summed E-state index contributed by atoms with van der Waals surface area (Å²) in [5, 5.41) is 9.05. The third-order valence-corrected chi connectivity index (χ3v) is 4.27. The number of pyridine rings is 1. The Labute approximate surface area is 116 Å². The van der Waals surface area contributed by atoms with Crippen molar-refractivity contribution in [3.63, 3.8) is 0 Å². The van der Waals surface area contributed by atoms with E-state index in [2.05, 4.69) is 25.8 Å².